The lowest BCUT2D eigenvalue weighted by molar-refractivity contribution is -0.118. The van der Waals surface area contributed by atoms with Gasteiger partial charge in [-0.05, 0) is 61.7 Å². The molecule has 1 aliphatic heterocycles. The van der Waals surface area contributed by atoms with Gasteiger partial charge in [-0.2, -0.15) is 0 Å². The number of amides is 2. The van der Waals surface area contributed by atoms with E-state index in [1.54, 1.807) is 4.90 Å². The standard InChI is InChI=1S/C19H18F2N2O2/c1-11-3-5-14(9-12(11)2)23-8-7-17(19(23)25)22-18(24)15-10-13(20)4-6-16(15)21/h3-6,9-10,17H,7-8H2,1-2H3,(H,22,24). The lowest BCUT2D eigenvalue weighted by Crippen LogP contribution is -2.41. The van der Waals surface area contributed by atoms with Gasteiger partial charge in [0.2, 0.25) is 5.91 Å². The van der Waals surface area contributed by atoms with Crippen LogP contribution in [0.1, 0.15) is 27.9 Å². The number of halogens is 2. The van der Waals surface area contributed by atoms with Gasteiger partial charge in [0.25, 0.3) is 5.91 Å². The molecule has 0 radical (unpaired) electrons. The number of benzene rings is 2. The van der Waals surface area contributed by atoms with Gasteiger partial charge in [0.15, 0.2) is 0 Å². The lowest BCUT2D eigenvalue weighted by Gasteiger charge is -2.18. The van der Waals surface area contributed by atoms with Crippen molar-refractivity contribution in [3.63, 3.8) is 0 Å². The molecule has 0 aromatic heterocycles. The van der Waals surface area contributed by atoms with Gasteiger partial charge in [0, 0.05) is 12.2 Å². The van der Waals surface area contributed by atoms with Gasteiger partial charge in [-0.15, -0.1) is 0 Å². The molecule has 1 atom stereocenters. The van der Waals surface area contributed by atoms with Gasteiger partial charge in [-0.1, -0.05) is 6.07 Å². The Morgan fingerprint density at radius 1 is 1.12 bits per heavy atom. The van der Waals surface area contributed by atoms with Crippen LogP contribution in [-0.4, -0.2) is 24.4 Å². The van der Waals surface area contributed by atoms with E-state index in [9.17, 15) is 18.4 Å². The molecule has 4 nitrogen and oxygen atoms in total. The van der Waals surface area contributed by atoms with Crippen molar-refractivity contribution in [2.75, 3.05) is 11.4 Å². The van der Waals surface area contributed by atoms with Crippen LogP contribution in [-0.2, 0) is 4.79 Å². The monoisotopic (exact) mass is 344 g/mol. The van der Waals surface area contributed by atoms with Crippen molar-refractivity contribution in [2.45, 2.75) is 26.3 Å². The molecule has 0 bridgehead atoms. The first kappa shape index (κ1) is 17.1. The molecule has 0 saturated carbocycles. The van der Waals surface area contributed by atoms with E-state index in [2.05, 4.69) is 5.32 Å². The summed E-state index contributed by atoms with van der Waals surface area (Å²) in [5, 5.41) is 2.50. The molecule has 1 aliphatic rings. The van der Waals surface area contributed by atoms with Gasteiger partial charge in [0.05, 0.1) is 5.56 Å². The first-order valence-electron chi connectivity index (χ1n) is 8.01. The molecule has 2 aromatic carbocycles. The van der Waals surface area contributed by atoms with Crippen LogP contribution < -0.4 is 10.2 Å². The van der Waals surface area contributed by atoms with Crippen molar-refractivity contribution >= 4 is 17.5 Å². The number of hydrogen-bond donors (Lipinski definition) is 1. The number of anilines is 1. The Morgan fingerprint density at radius 3 is 2.60 bits per heavy atom. The molecule has 1 saturated heterocycles. The highest BCUT2D eigenvalue weighted by molar-refractivity contribution is 6.04. The van der Waals surface area contributed by atoms with Crippen molar-refractivity contribution in [2.24, 2.45) is 0 Å². The maximum absolute atomic E-state index is 13.7. The molecule has 1 unspecified atom stereocenters. The number of carbonyl (C=O) groups is 2. The van der Waals surface area contributed by atoms with E-state index in [0.29, 0.717) is 13.0 Å². The summed E-state index contributed by atoms with van der Waals surface area (Å²) in [6.07, 6.45) is 0.411. The van der Waals surface area contributed by atoms with Crippen LogP contribution in [0.15, 0.2) is 36.4 Å². The molecular formula is C19H18F2N2O2. The molecule has 2 amide bonds. The molecular weight excluding hydrogens is 326 g/mol. The number of hydrogen-bond acceptors (Lipinski definition) is 2. The third kappa shape index (κ3) is 3.38. The van der Waals surface area contributed by atoms with Crippen molar-refractivity contribution in [1.29, 1.82) is 0 Å². The summed E-state index contributed by atoms with van der Waals surface area (Å²) in [7, 11) is 0. The van der Waals surface area contributed by atoms with Crippen LogP contribution in [0.3, 0.4) is 0 Å². The average Bonchev–Trinajstić information content (AvgIpc) is 2.93. The van der Waals surface area contributed by atoms with Crippen molar-refractivity contribution < 1.29 is 18.4 Å². The molecule has 1 fully saturated rings. The first-order chi connectivity index (χ1) is 11.9. The summed E-state index contributed by atoms with van der Waals surface area (Å²) >= 11 is 0. The molecule has 25 heavy (non-hydrogen) atoms. The van der Waals surface area contributed by atoms with Gasteiger partial charge in [-0.25, -0.2) is 8.78 Å². The highest BCUT2D eigenvalue weighted by Gasteiger charge is 2.34. The van der Waals surface area contributed by atoms with E-state index in [-0.39, 0.29) is 5.91 Å². The molecule has 0 spiro atoms. The second-order valence-electron chi connectivity index (χ2n) is 6.20. The van der Waals surface area contributed by atoms with Gasteiger partial charge >= 0.3 is 0 Å². The Bertz CT molecular complexity index is 851. The maximum Gasteiger partial charge on any atom is 0.255 e. The molecule has 1 N–H and O–H groups in total. The number of aryl methyl sites for hydroxylation is 2. The smallest absolute Gasteiger partial charge is 0.255 e. The number of nitrogens with zero attached hydrogens (tertiary/aromatic N) is 1. The fraction of sp³-hybridized carbons (Fsp3) is 0.263. The largest absolute Gasteiger partial charge is 0.340 e. The molecule has 0 aliphatic carbocycles. The minimum atomic E-state index is -0.824. The van der Waals surface area contributed by atoms with Gasteiger partial charge in [-0.3, -0.25) is 9.59 Å². The first-order valence-corrected chi connectivity index (χ1v) is 8.01. The zero-order chi connectivity index (χ0) is 18.1. The van der Waals surface area contributed by atoms with Crippen LogP contribution in [0.2, 0.25) is 0 Å². The van der Waals surface area contributed by atoms with Crippen LogP contribution in [0, 0.1) is 25.5 Å². The normalized spacial score (nSPS) is 17.0. The highest BCUT2D eigenvalue weighted by atomic mass is 19.1. The summed E-state index contributed by atoms with van der Waals surface area (Å²) in [5.74, 6) is -2.58. The zero-order valence-electron chi connectivity index (χ0n) is 14.0. The predicted molar refractivity (Wildman–Crippen MR) is 90.5 cm³/mol. The van der Waals surface area contributed by atoms with Crippen LogP contribution in [0.25, 0.3) is 0 Å². The minimum absolute atomic E-state index is 0.256. The minimum Gasteiger partial charge on any atom is -0.340 e. The summed E-state index contributed by atoms with van der Waals surface area (Å²) in [6, 6.07) is 7.62. The topological polar surface area (TPSA) is 49.4 Å². The Hall–Kier alpha value is -2.76. The SMILES string of the molecule is Cc1ccc(N2CCC(NC(=O)c3cc(F)ccc3F)C2=O)cc1C. The summed E-state index contributed by atoms with van der Waals surface area (Å²) < 4.78 is 26.9. The summed E-state index contributed by atoms with van der Waals surface area (Å²) in [6.45, 7) is 4.41. The molecule has 130 valence electrons. The van der Waals surface area contributed by atoms with E-state index in [1.165, 1.54) is 0 Å². The summed E-state index contributed by atoms with van der Waals surface area (Å²) in [5.41, 5.74) is 2.56. The fourth-order valence-electron chi connectivity index (χ4n) is 2.87. The van der Waals surface area contributed by atoms with Crippen LogP contribution in [0.5, 0.6) is 0 Å². The van der Waals surface area contributed by atoms with E-state index in [4.69, 9.17) is 0 Å². The Balaban J connectivity index is 1.74. The predicted octanol–water partition coefficient (Wildman–Crippen LogP) is 3.12. The van der Waals surface area contributed by atoms with E-state index in [0.717, 1.165) is 35.0 Å². The average molecular weight is 344 g/mol. The molecule has 1 heterocycles. The van der Waals surface area contributed by atoms with Crippen molar-refractivity contribution in [1.82, 2.24) is 5.32 Å². The Morgan fingerprint density at radius 2 is 1.88 bits per heavy atom. The quantitative estimate of drug-likeness (QED) is 0.930. The summed E-state index contributed by atoms with van der Waals surface area (Å²) in [4.78, 5) is 26.3. The van der Waals surface area contributed by atoms with Crippen molar-refractivity contribution in [3.8, 4) is 0 Å². The lowest BCUT2D eigenvalue weighted by atomic mass is 10.1. The van der Waals surface area contributed by atoms with E-state index in [1.807, 2.05) is 32.0 Å². The van der Waals surface area contributed by atoms with Gasteiger partial charge < -0.3 is 10.2 Å². The van der Waals surface area contributed by atoms with Crippen molar-refractivity contribution in [3.05, 3.63) is 64.7 Å². The Kier molecular flexibility index (Phi) is 4.53. The second kappa shape index (κ2) is 6.63. The zero-order valence-corrected chi connectivity index (χ0v) is 14.0. The molecule has 3 rings (SSSR count). The maximum atomic E-state index is 13.7. The molecule has 2 aromatic rings. The molecule has 6 heteroatoms. The number of nitrogens with one attached hydrogen (secondary N) is 1. The number of carbonyl (C=O) groups excluding carboxylic acids is 2. The second-order valence-corrected chi connectivity index (χ2v) is 6.20. The number of rotatable bonds is 3. The van der Waals surface area contributed by atoms with E-state index < -0.39 is 29.1 Å². The van der Waals surface area contributed by atoms with Crippen LogP contribution in [0.4, 0.5) is 14.5 Å². The third-order valence-electron chi connectivity index (χ3n) is 4.49. The van der Waals surface area contributed by atoms with E-state index >= 15 is 0 Å². The fourth-order valence-corrected chi connectivity index (χ4v) is 2.87. The Labute approximate surface area is 144 Å². The van der Waals surface area contributed by atoms with Gasteiger partial charge in [0.1, 0.15) is 17.7 Å². The third-order valence-corrected chi connectivity index (χ3v) is 4.49. The van der Waals surface area contributed by atoms with Crippen LogP contribution >= 0.6 is 0 Å². The highest BCUT2D eigenvalue weighted by Crippen LogP contribution is 2.24.